The fourth-order valence-electron chi connectivity index (χ4n) is 5.20. The number of hydrogen-bond donors (Lipinski definition) is 1. The fourth-order valence-corrected chi connectivity index (χ4v) is 5.20. The van der Waals surface area contributed by atoms with Crippen LogP contribution in [0.2, 0.25) is 0 Å². The molecule has 9 nitrogen and oxygen atoms in total. The van der Waals surface area contributed by atoms with Gasteiger partial charge in [0, 0.05) is 25.3 Å². The number of nitriles is 1. The van der Waals surface area contributed by atoms with Crippen LogP contribution in [-0.2, 0) is 30.3 Å². The Balaban J connectivity index is 1.80. The summed E-state index contributed by atoms with van der Waals surface area (Å²) in [6, 6.07) is 18.6. The van der Waals surface area contributed by atoms with Crippen LogP contribution in [0.25, 0.3) is 0 Å². The van der Waals surface area contributed by atoms with Gasteiger partial charge in [-0.2, -0.15) is 5.26 Å². The van der Waals surface area contributed by atoms with Crippen molar-refractivity contribution >= 4 is 17.6 Å². The highest BCUT2D eigenvalue weighted by Crippen LogP contribution is 2.43. The third-order valence-corrected chi connectivity index (χ3v) is 6.71. The third-order valence-electron chi connectivity index (χ3n) is 6.71. The lowest BCUT2D eigenvalue weighted by molar-refractivity contribution is -0.139. The van der Waals surface area contributed by atoms with Gasteiger partial charge in [0.15, 0.2) is 0 Å². The predicted molar refractivity (Wildman–Crippen MR) is 141 cm³/mol. The van der Waals surface area contributed by atoms with Crippen molar-refractivity contribution in [2.45, 2.75) is 38.5 Å². The monoisotopic (exact) mass is 516 g/mol. The predicted octanol–water partition coefficient (Wildman–Crippen LogP) is 3.19. The average molecular weight is 517 g/mol. The molecule has 0 saturated carbocycles. The van der Waals surface area contributed by atoms with Gasteiger partial charge in [0.05, 0.1) is 49.6 Å². The number of hydrogen-bond acceptors (Lipinski definition) is 9. The lowest BCUT2D eigenvalue weighted by Crippen LogP contribution is -2.44. The topological polar surface area (TPSA) is 118 Å². The number of nitrogens with zero attached hydrogens (tertiary/aromatic N) is 3. The van der Waals surface area contributed by atoms with E-state index in [9.17, 15) is 14.9 Å². The van der Waals surface area contributed by atoms with Crippen molar-refractivity contribution in [1.29, 1.82) is 5.26 Å². The molecule has 198 valence electrons. The second kappa shape index (κ2) is 11.5. The Bertz CT molecular complexity index is 1290. The molecule has 0 amide bonds. The number of rotatable bonds is 6. The zero-order chi connectivity index (χ0) is 27.4. The molecular weight excluding hydrogens is 484 g/mol. The van der Waals surface area contributed by atoms with Crippen LogP contribution in [0, 0.1) is 11.3 Å². The van der Waals surface area contributed by atoms with Gasteiger partial charge in [-0.15, -0.1) is 0 Å². The first kappa shape index (κ1) is 26.9. The first-order valence-corrected chi connectivity index (χ1v) is 12.4. The molecule has 38 heavy (non-hydrogen) atoms. The highest BCUT2D eigenvalue weighted by Gasteiger charge is 2.43. The van der Waals surface area contributed by atoms with Crippen molar-refractivity contribution in [3.63, 3.8) is 0 Å². The number of morpholine rings is 1. The summed E-state index contributed by atoms with van der Waals surface area (Å²) in [5, 5.41) is 10.2. The number of carbonyl (C=O) groups excluding carboxylic acids is 2. The van der Waals surface area contributed by atoms with Crippen molar-refractivity contribution in [2.24, 2.45) is 5.73 Å². The molecule has 2 N–H and O–H groups in total. The molecule has 1 fully saturated rings. The van der Waals surface area contributed by atoms with Gasteiger partial charge >= 0.3 is 11.9 Å². The quantitative estimate of drug-likeness (QED) is 0.578. The normalized spacial score (nSPS) is 22.2. The van der Waals surface area contributed by atoms with E-state index in [0.29, 0.717) is 11.3 Å². The molecule has 3 unspecified atom stereocenters. The molecule has 1 saturated heterocycles. The lowest BCUT2D eigenvalue weighted by atomic mass is 9.81. The molecule has 0 radical (unpaired) electrons. The summed E-state index contributed by atoms with van der Waals surface area (Å²) in [4.78, 5) is 30.1. The van der Waals surface area contributed by atoms with Crippen molar-refractivity contribution in [3.8, 4) is 6.07 Å². The van der Waals surface area contributed by atoms with Crippen molar-refractivity contribution < 1.29 is 23.8 Å². The SMILES string of the molecule is COC(=O)C1=C(C(=O)OC)N(c2ccc(CN3CC(C)OC(C)C3)cc2)C(N)=C(C#N)C1c1ccccc1. The number of nitrogens with two attached hydrogens (primary N) is 1. The maximum atomic E-state index is 13.2. The van der Waals surface area contributed by atoms with Crippen LogP contribution in [0.5, 0.6) is 0 Å². The molecule has 2 aliphatic rings. The minimum Gasteiger partial charge on any atom is -0.466 e. The minimum atomic E-state index is -0.899. The van der Waals surface area contributed by atoms with Gasteiger partial charge in [0.1, 0.15) is 11.5 Å². The Hall–Kier alpha value is -4.13. The smallest absolute Gasteiger partial charge is 0.355 e. The number of esters is 2. The zero-order valence-electron chi connectivity index (χ0n) is 22.0. The van der Waals surface area contributed by atoms with Crippen molar-refractivity contribution in [3.05, 3.63) is 88.4 Å². The number of ether oxygens (including phenoxy) is 3. The molecule has 3 atom stereocenters. The molecule has 2 heterocycles. The summed E-state index contributed by atoms with van der Waals surface area (Å²) in [7, 11) is 2.46. The molecular formula is C29H32N4O5. The molecule has 0 spiro atoms. The summed E-state index contributed by atoms with van der Waals surface area (Å²) in [6.45, 7) is 6.52. The Kier molecular flexibility index (Phi) is 8.15. The molecule has 0 bridgehead atoms. The number of allylic oxidation sites excluding steroid dienone is 1. The van der Waals surface area contributed by atoms with E-state index in [2.05, 4.69) is 24.8 Å². The first-order chi connectivity index (χ1) is 18.3. The summed E-state index contributed by atoms with van der Waals surface area (Å²) in [6.07, 6.45) is 0.311. The van der Waals surface area contributed by atoms with Gasteiger partial charge in [-0.3, -0.25) is 9.80 Å². The van der Waals surface area contributed by atoms with E-state index in [1.54, 1.807) is 24.3 Å². The molecule has 2 aliphatic heterocycles. The average Bonchev–Trinajstić information content (AvgIpc) is 2.92. The Morgan fingerprint density at radius 3 is 2.16 bits per heavy atom. The van der Waals surface area contributed by atoms with E-state index in [1.807, 2.05) is 30.3 Å². The summed E-state index contributed by atoms with van der Waals surface area (Å²) < 4.78 is 16.0. The number of benzene rings is 2. The van der Waals surface area contributed by atoms with Crippen LogP contribution in [0.3, 0.4) is 0 Å². The van der Waals surface area contributed by atoms with E-state index < -0.39 is 17.9 Å². The van der Waals surface area contributed by atoms with E-state index in [4.69, 9.17) is 19.9 Å². The number of anilines is 1. The van der Waals surface area contributed by atoms with Crippen molar-refractivity contribution in [1.82, 2.24) is 4.90 Å². The maximum Gasteiger partial charge on any atom is 0.355 e. The molecule has 2 aromatic rings. The minimum absolute atomic E-state index is 0.0170. The van der Waals surface area contributed by atoms with E-state index in [-0.39, 0.29) is 34.9 Å². The Labute approximate surface area is 222 Å². The molecule has 4 rings (SSSR count). The second-order valence-corrected chi connectivity index (χ2v) is 9.45. The van der Waals surface area contributed by atoms with Crippen LogP contribution in [0.1, 0.15) is 30.9 Å². The van der Waals surface area contributed by atoms with Crippen LogP contribution >= 0.6 is 0 Å². The molecule has 9 heteroatoms. The van der Waals surface area contributed by atoms with E-state index in [0.717, 1.165) is 25.2 Å². The first-order valence-electron chi connectivity index (χ1n) is 12.4. The molecule has 2 aromatic carbocycles. The Morgan fingerprint density at radius 1 is 1.00 bits per heavy atom. The highest BCUT2D eigenvalue weighted by molar-refractivity contribution is 6.06. The lowest BCUT2D eigenvalue weighted by Gasteiger charge is -2.36. The maximum absolute atomic E-state index is 13.2. The van der Waals surface area contributed by atoms with Crippen LogP contribution < -0.4 is 10.6 Å². The van der Waals surface area contributed by atoms with Crippen LogP contribution in [0.15, 0.2) is 77.3 Å². The number of carbonyl (C=O) groups is 2. The van der Waals surface area contributed by atoms with Crippen LogP contribution in [0.4, 0.5) is 5.69 Å². The molecule has 0 aliphatic carbocycles. The fraction of sp³-hybridized carbons (Fsp3) is 0.345. The third kappa shape index (κ3) is 5.28. The van der Waals surface area contributed by atoms with Gasteiger partial charge in [0.25, 0.3) is 0 Å². The van der Waals surface area contributed by atoms with Gasteiger partial charge in [-0.25, -0.2) is 9.59 Å². The Morgan fingerprint density at radius 2 is 1.61 bits per heavy atom. The van der Waals surface area contributed by atoms with Crippen LogP contribution in [-0.4, -0.2) is 56.4 Å². The van der Waals surface area contributed by atoms with Gasteiger partial charge in [-0.05, 0) is 37.1 Å². The highest BCUT2D eigenvalue weighted by atomic mass is 16.5. The standard InChI is InChI=1S/C29H32N4O5/c1-18-15-32(16-19(2)38-18)17-20-10-12-22(13-11-20)33-26(29(35)37-4)25(28(34)36-3)24(23(14-30)27(33)31)21-8-6-5-7-9-21/h5-13,18-19,24H,15-17,31H2,1-4H3. The van der Waals surface area contributed by atoms with Gasteiger partial charge in [-0.1, -0.05) is 42.5 Å². The second-order valence-electron chi connectivity index (χ2n) is 9.45. The largest absolute Gasteiger partial charge is 0.466 e. The van der Waals surface area contributed by atoms with Gasteiger partial charge in [0.2, 0.25) is 0 Å². The van der Waals surface area contributed by atoms with Crippen molar-refractivity contribution in [2.75, 3.05) is 32.2 Å². The summed E-state index contributed by atoms with van der Waals surface area (Å²) in [5.41, 5.74) is 8.78. The van der Waals surface area contributed by atoms with E-state index in [1.165, 1.54) is 19.1 Å². The number of methoxy groups -OCH3 is 2. The zero-order valence-corrected chi connectivity index (χ0v) is 22.0. The summed E-state index contributed by atoms with van der Waals surface area (Å²) >= 11 is 0. The van der Waals surface area contributed by atoms with Gasteiger partial charge < -0.3 is 19.9 Å². The van der Waals surface area contributed by atoms with E-state index >= 15 is 0 Å². The molecule has 0 aromatic heterocycles. The summed E-state index contributed by atoms with van der Waals surface area (Å²) in [5.74, 6) is -2.38.